The molecule has 0 bridgehead atoms. The van der Waals surface area contributed by atoms with E-state index in [4.69, 9.17) is 29.6 Å². The van der Waals surface area contributed by atoms with Gasteiger partial charge in [0.15, 0.2) is 0 Å². The predicted molar refractivity (Wildman–Crippen MR) is 78.5 cm³/mol. The molecule has 2 N–H and O–H groups in total. The highest BCUT2D eigenvalue weighted by Crippen LogP contribution is 2.23. The van der Waals surface area contributed by atoms with Crippen molar-refractivity contribution in [3.8, 4) is 0 Å². The van der Waals surface area contributed by atoms with Crippen LogP contribution in [-0.4, -0.2) is 23.0 Å². The Balaban J connectivity index is 2.71. The minimum absolute atomic E-state index is 0.316. The summed E-state index contributed by atoms with van der Waals surface area (Å²) in [5.41, 5.74) is 6.82. The fourth-order valence-corrected chi connectivity index (χ4v) is 2.16. The van der Waals surface area contributed by atoms with Gasteiger partial charge in [0, 0.05) is 23.5 Å². The van der Waals surface area contributed by atoms with Gasteiger partial charge in [0.25, 0.3) is 0 Å². The minimum Gasteiger partial charge on any atom is -0.393 e. The zero-order valence-electron chi connectivity index (χ0n) is 10.5. The van der Waals surface area contributed by atoms with Gasteiger partial charge in [0.1, 0.15) is 0 Å². The van der Waals surface area contributed by atoms with E-state index in [0.29, 0.717) is 17.1 Å². The van der Waals surface area contributed by atoms with Crippen molar-refractivity contribution in [1.82, 2.24) is 4.90 Å². The summed E-state index contributed by atoms with van der Waals surface area (Å²) in [6, 6.07) is 8.59. The van der Waals surface area contributed by atoms with Gasteiger partial charge in [-0.15, -0.1) is 0 Å². The standard InChI is InChI=1S/C13H19ClN2S/c1-9(8-13(15)17)16(3)10(2)11-4-6-12(14)7-5-11/h4-7,9-10H,8H2,1-3H3,(H2,15,17). The first-order valence-electron chi connectivity index (χ1n) is 5.67. The van der Waals surface area contributed by atoms with Crippen LogP contribution in [-0.2, 0) is 0 Å². The normalized spacial score (nSPS) is 14.6. The zero-order chi connectivity index (χ0) is 13.0. The number of halogens is 1. The summed E-state index contributed by atoms with van der Waals surface area (Å²) in [6.45, 7) is 4.30. The van der Waals surface area contributed by atoms with Crippen molar-refractivity contribution >= 4 is 28.8 Å². The van der Waals surface area contributed by atoms with Crippen LogP contribution in [0, 0.1) is 0 Å². The van der Waals surface area contributed by atoms with E-state index >= 15 is 0 Å². The Bertz CT molecular complexity index is 378. The van der Waals surface area contributed by atoms with Gasteiger partial charge in [-0.2, -0.15) is 0 Å². The molecule has 0 spiro atoms. The van der Waals surface area contributed by atoms with Crippen LogP contribution in [0.2, 0.25) is 5.02 Å². The first kappa shape index (κ1) is 14.4. The molecule has 2 unspecified atom stereocenters. The Hall–Kier alpha value is -0.640. The van der Waals surface area contributed by atoms with E-state index in [1.54, 1.807) is 0 Å². The van der Waals surface area contributed by atoms with Gasteiger partial charge in [-0.3, -0.25) is 4.90 Å². The average molecular weight is 271 g/mol. The molecule has 2 nitrogen and oxygen atoms in total. The fraction of sp³-hybridized carbons (Fsp3) is 0.462. The molecular weight excluding hydrogens is 252 g/mol. The van der Waals surface area contributed by atoms with Crippen molar-refractivity contribution in [1.29, 1.82) is 0 Å². The van der Waals surface area contributed by atoms with E-state index in [9.17, 15) is 0 Å². The molecule has 0 fully saturated rings. The number of hydrogen-bond donors (Lipinski definition) is 1. The molecule has 0 aromatic heterocycles. The van der Waals surface area contributed by atoms with Crippen LogP contribution in [0.25, 0.3) is 0 Å². The van der Waals surface area contributed by atoms with Crippen LogP contribution in [0.4, 0.5) is 0 Å². The van der Waals surface area contributed by atoms with E-state index < -0.39 is 0 Å². The smallest absolute Gasteiger partial charge is 0.0742 e. The number of nitrogens with two attached hydrogens (primary N) is 1. The Labute approximate surface area is 114 Å². The Kier molecular flexibility index (Phi) is 5.37. The molecule has 1 aromatic rings. The summed E-state index contributed by atoms with van der Waals surface area (Å²) in [7, 11) is 2.09. The largest absolute Gasteiger partial charge is 0.393 e. The second-order valence-electron chi connectivity index (χ2n) is 4.41. The first-order valence-corrected chi connectivity index (χ1v) is 6.46. The van der Waals surface area contributed by atoms with Crippen molar-refractivity contribution in [3.05, 3.63) is 34.9 Å². The number of rotatable bonds is 5. The molecule has 17 heavy (non-hydrogen) atoms. The summed E-state index contributed by atoms with van der Waals surface area (Å²) in [5.74, 6) is 0. The van der Waals surface area contributed by atoms with Crippen molar-refractivity contribution in [2.45, 2.75) is 32.4 Å². The van der Waals surface area contributed by atoms with Crippen LogP contribution < -0.4 is 5.73 Å². The van der Waals surface area contributed by atoms with Crippen LogP contribution in [0.1, 0.15) is 31.9 Å². The molecule has 94 valence electrons. The molecule has 0 radical (unpaired) electrons. The summed E-state index contributed by atoms with van der Waals surface area (Å²) < 4.78 is 0. The molecule has 0 aliphatic heterocycles. The lowest BCUT2D eigenvalue weighted by atomic mass is 10.1. The minimum atomic E-state index is 0.316. The van der Waals surface area contributed by atoms with Gasteiger partial charge in [0.2, 0.25) is 0 Å². The molecule has 0 saturated carbocycles. The Morgan fingerprint density at radius 2 is 1.88 bits per heavy atom. The maximum absolute atomic E-state index is 5.88. The molecule has 0 amide bonds. The first-order chi connectivity index (χ1) is 7.91. The van der Waals surface area contributed by atoms with Crippen LogP contribution in [0.3, 0.4) is 0 Å². The Morgan fingerprint density at radius 3 is 2.35 bits per heavy atom. The molecule has 4 heteroatoms. The lowest BCUT2D eigenvalue weighted by Crippen LogP contribution is -2.34. The van der Waals surface area contributed by atoms with E-state index in [2.05, 4.69) is 37.9 Å². The van der Waals surface area contributed by atoms with Gasteiger partial charge in [-0.1, -0.05) is 36.0 Å². The topological polar surface area (TPSA) is 29.3 Å². The molecule has 0 heterocycles. The number of hydrogen-bond acceptors (Lipinski definition) is 2. The highest BCUT2D eigenvalue weighted by molar-refractivity contribution is 7.80. The maximum atomic E-state index is 5.88. The summed E-state index contributed by atoms with van der Waals surface area (Å²) in [4.78, 5) is 2.83. The molecule has 1 rings (SSSR count). The SMILES string of the molecule is CC(CC(N)=S)N(C)C(C)c1ccc(Cl)cc1. The third-order valence-corrected chi connectivity index (χ3v) is 3.57. The van der Waals surface area contributed by atoms with Crippen LogP contribution in [0.15, 0.2) is 24.3 Å². The fourth-order valence-electron chi connectivity index (χ4n) is 1.79. The quantitative estimate of drug-likeness (QED) is 0.832. The number of benzene rings is 1. The molecule has 2 atom stereocenters. The summed E-state index contributed by atoms with van der Waals surface area (Å²) >= 11 is 10.8. The molecule has 1 aromatic carbocycles. The zero-order valence-corrected chi connectivity index (χ0v) is 12.1. The van der Waals surface area contributed by atoms with E-state index in [1.165, 1.54) is 5.56 Å². The van der Waals surface area contributed by atoms with Crippen molar-refractivity contribution in [2.24, 2.45) is 5.73 Å². The maximum Gasteiger partial charge on any atom is 0.0742 e. The number of nitrogens with zero attached hydrogens (tertiary/aromatic N) is 1. The monoisotopic (exact) mass is 270 g/mol. The Morgan fingerprint density at radius 1 is 1.35 bits per heavy atom. The summed E-state index contributed by atoms with van der Waals surface area (Å²) in [5, 5.41) is 0.764. The third-order valence-electron chi connectivity index (χ3n) is 3.16. The highest BCUT2D eigenvalue weighted by Gasteiger charge is 2.17. The highest BCUT2D eigenvalue weighted by atomic mass is 35.5. The van der Waals surface area contributed by atoms with E-state index in [0.717, 1.165) is 11.4 Å². The average Bonchev–Trinajstić information content (AvgIpc) is 2.27. The van der Waals surface area contributed by atoms with Gasteiger partial charge in [0.05, 0.1) is 4.99 Å². The lowest BCUT2D eigenvalue weighted by molar-refractivity contribution is 0.202. The van der Waals surface area contributed by atoms with Crippen LogP contribution in [0.5, 0.6) is 0 Å². The second kappa shape index (κ2) is 6.34. The van der Waals surface area contributed by atoms with Gasteiger partial charge in [-0.25, -0.2) is 0 Å². The van der Waals surface area contributed by atoms with Crippen molar-refractivity contribution in [2.75, 3.05) is 7.05 Å². The lowest BCUT2D eigenvalue weighted by Gasteiger charge is -2.31. The van der Waals surface area contributed by atoms with E-state index in [-0.39, 0.29) is 0 Å². The number of thiocarbonyl (C=S) groups is 1. The van der Waals surface area contributed by atoms with Crippen molar-refractivity contribution < 1.29 is 0 Å². The van der Waals surface area contributed by atoms with E-state index in [1.807, 2.05) is 12.1 Å². The predicted octanol–water partition coefficient (Wildman–Crippen LogP) is 3.40. The van der Waals surface area contributed by atoms with Crippen LogP contribution >= 0.6 is 23.8 Å². The van der Waals surface area contributed by atoms with Gasteiger partial charge < -0.3 is 5.73 Å². The molecule has 0 aliphatic rings. The third kappa shape index (κ3) is 4.26. The van der Waals surface area contributed by atoms with Crippen molar-refractivity contribution in [3.63, 3.8) is 0 Å². The molecular formula is C13H19ClN2S. The van der Waals surface area contributed by atoms with Gasteiger partial charge in [-0.05, 0) is 38.6 Å². The van der Waals surface area contributed by atoms with Gasteiger partial charge >= 0.3 is 0 Å². The molecule has 0 aliphatic carbocycles. The molecule has 0 saturated heterocycles. The second-order valence-corrected chi connectivity index (χ2v) is 5.37. The summed E-state index contributed by atoms with van der Waals surface area (Å²) in [6.07, 6.45) is 0.740.